The highest BCUT2D eigenvalue weighted by atomic mass is 32.1. The summed E-state index contributed by atoms with van der Waals surface area (Å²) in [4.78, 5) is 45.3. The van der Waals surface area contributed by atoms with Crippen molar-refractivity contribution in [3.63, 3.8) is 0 Å². The van der Waals surface area contributed by atoms with Gasteiger partial charge in [0, 0.05) is 51.9 Å². The van der Waals surface area contributed by atoms with Crippen LogP contribution in [-0.4, -0.2) is 104 Å². The fourth-order valence-electron chi connectivity index (χ4n) is 4.53. The van der Waals surface area contributed by atoms with E-state index in [2.05, 4.69) is 21.3 Å². The number of nitrogens with one attached hydrogen (secondary N) is 4. The molecule has 0 aliphatic carbocycles. The number of thiocarbonyl (C=S) groups is 2. The zero-order chi connectivity index (χ0) is 29.1. The standard InChI is InChI=1S/C23H36N4O10S2/c28-16(29)10-22(34)8-14(36-18(32)12-22)2-6-26-20(38)24-4-1-5-25-21(39)27-7-3-15-9-23(35,11-17(30)31)13-19(33)37-15/h14-15,34-35H,1-13H2,(H,28,29)(H,30,31)(H2,24,26,38)(H2,25,27,39). The molecule has 0 amide bonds. The number of carbonyl (C=O) groups excluding carboxylic acids is 2. The highest BCUT2D eigenvalue weighted by molar-refractivity contribution is 7.80. The highest BCUT2D eigenvalue weighted by Crippen LogP contribution is 2.31. The molecule has 0 aromatic heterocycles. The van der Waals surface area contributed by atoms with Crippen LogP contribution >= 0.6 is 24.4 Å². The summed E-state index contributed by atoms with van der Waals surface area (Å²) in [6.45, 7) is 1.81. The molecule has 0 radical (unpaired) electrons. The fourth-order valence-corrected chi connectivity index (χ4v) is 4.94. The van der Waals surface area contributed by atoms with Crippen LogP contribution in [-0.2, 0) is 28.7 Å². The summed E-state index contributed by atoms with van der Waals surface area (Å²) in [6.07, 6.45) is -1.45. The number of cyclic esters (lactones) is 2. The van der Waals surface area contributed by atoms with Crippen molar-refractivity contribution in [2.45, 2.75) is 81.2 Å². The molecule has 39 heavy (non-hydrogen) atoms. The lowest BCUT2D eigenvalue weighted by atomic mass is 9.86. The molecule has 0 spiro atoms. The van der Waals surface area contributed by atoms with Crippen molar-refractivity contribution in [2.75, 3.05) is 26.2 Å². The molecule has 2 heterocycles. The van der Waals surface area contributed by atoms with Gasteiger partial charge in [0.2, 0.25) is 0 Å². The molecule has 4 unspecified atom stereocenters. The first-order chi connectivity index (χ1) is 18.3. The van der Waals surface area contributed by atoms with Gasteiger partial charge in [-0.1, -0.05) is 0 Å². The van der Waals surface area contributed by atoms with E-state index >= 15 is 0 Å². The molecule has 0 aromatic carbocycles. The second kappa shape index (κ2) is 15.1. The Morgan fingerprint density at radius 2 is 1.10 bits per heavy atom. The molecule has 8 N–H and O–H groups in total. The average Bonchev–Trinajstić information content (AvgIpc) is 2.75. The first kappa shape index (κ1) is 32.4. The Labute approximate surface area is 236 Å². The molecule has 4 atom stereocenters. The third-order valence-corrected chi connectivity index (χ3v) is 6.72. The predicted molar refractivity (Wildman–Crippen MR) is 144 cm³/mol. The van der Waals surface area contributed by atoms with E-state index in [1.54, 1.807) is 0 Å². The predicted octanol–water partition coefficient (Wildman–Crippen LogP) is -1.09. The summed E-state index contributed by atoms with van der Waals surface area (Å²) in [6, 6.07) is 0. The van der Waals surface area contributed by atoms with Gasteiger partial charge in [-0.15, -0.1) is 0 Å². The Hall–Kier alpha value is -2.82. The van der Waals surface area contributed by atoms with Crippen molar-refractivity contribution in [2.24, 2.45) is 0 Å². The van der Waals surface area contributed by atoms with Crippen LogP contribution in [0, 0.1) is 0 Å². The van der Waals surface area contributed by atoms with E-state index in [9.17, 15) is 29.4 Å². The summed E-state index contributed by atoms with van der Waals surface area (Å²) >= 11 is 10.4. The van der Waals surface area contributed by atoms with Crippen molar-refractivity contribution >= 4 is 58.5 Å². The quantitative estimate of drug-likeness (QED) is 0.0683. The van der Waals surface area contributed by atoms with Gasteiger partial charge in [-0.2, -0.15) is 0 Å². The summed E-state index contributed by atoms with van der Waals surface area (Å²) in [5, 5.41) is 51.4. The molecule has 14 nitrogen and oxygen atoms in total. The van der Waals surface area contributed by atoms with Gasteiger partial charge in [-0.3, -0.25) is 19.2 Å². The number of carbonyl (C=O) groups is 4. The van der Waals surface area contributed by atoms with Gasteiger partial charge in [0.15, 0.2) is 10.2 Å². The average molecular weight is 593 g/mol. The van der Waals surface area contributed by atoms with Crippen molar-refractivity contribution in [1.29, 1.82) is 0 Å². The fraction of sp³-hybridized carbons (Fsp3) is 0.739. The van der Waals surface area contributed by atoms with Crippen molar-refractivity contribution in [3.8, 4) is 0 Å². The van der Waals surface area contributed by atoms with Gasteiger partial charge < -0.3 is 51.2 Å². The minimum absolute atomic E-state index is 0.0469. The molecule has 2 aliphatic rings. The number of aliphatic carboxylic acids is 2. The minimum Gasteiger partial charge on any atom is -0.481 e. The van der Waals surface area contributed by atoms with Crippen molar-refractivity contribution < 1.29 is 49.1 Å². The lowest BCUT2D eigenvalue weighted by Gasteiger charge is -2.35. The zero-order valence-electron chi connectivity index (χ0n) is 21.4. The number of ether oxygens (including phenoxy) is 2. The van der Waals surface area contributed by atoms with E-state index in [4.69, 9.17) is 44.1 Å². The molecule has 0 aromatic rings. The smallest absolute Gasteiger partial charge is 0.309 e. The maximum atomic E-state index is 11.7. The molecular weight excluding hydrogens is 556 g/mol. The molecule has 0 bridgehead atoms. The summed E-state index contributed by atoms with van der Waals surface area (Å²) in [5.41, 5.74) is -3.22. The van der Waals surface area contributed by atoms with E-state index in [1.807, 2.05) is 0 Å². The Bertz CT molecular complexity index is 859. The van der Waals surface area contributed by atoms with E-state index in [0.717, 1.165) is 0 Å². The third-order valence-electron chi connectivity index (χ3n) is 6.15. The summed E-state index contributed by atoms with van der Waals surface area (Å²) < 4.78 is 10.4. The number of hydrogen-bond donors (Lipinski definition) is 8. The van der Waals surface area contributed by atoms with Crippen LogP contribution in [0.1, 0.15) is 57.8 Å². The molecule has 0 saturated carbocycles. The van der Waals surface area contributed by atoms with Gasteiger partial charge in [0.25, 0.3) is 0 Å². The Morgan fingerprint density at radius 1 is 0.744 bits per heavy atom. The first-order valence-electron chi connectivity index (χ1n) is 12.6. The topological polar surface area (TPSA) is 216 Å². The number of aliphatic hydroxyl groups is 2. The Kier molecular flexibility index (Phi) is 12.5. The molecule has 2 fully saturated rings. The van der Waals surface area contributed by atoms with Gasteiger partial charge in [-0.05, 0) is 30.9 Å². The number of rotatable bonds is 14. The maximum absolute atomic E-state index is 11.7. The van der Waals surface area contributed by atoms with Gasteiger partial charge in [0.1, 0.15) is 12.2 Å². The second-order valence-corrected chi connectivity index (χ2v) is 10.7. The van der Waals surface area contributed by atoms with Crippen LogP contribution in [0.5, 0.6) is 0 Å². The number of esters is 2. The highest BCUT2D eigenvalue weighted by Gasteiger charge is 2.42. The number of carboxylic acids is 2. The van der Waals surface area contributed by atoms with E-state index in [-0.39, 0.29) is 25.7 Å². The number of hydrogen-bond acceptors (Lipinski definition) is 10. The van der Waals surface area contributed by atoms with Crippen LogP contribution in [0.4, 0.5) is 0 Å². The normalized spacial score (nSPS) is 26.5. The van der Waals surface area contributed by atoms with Crippen LogP contribution < -0.4 is 21.3 Å². The first-order valence-corrected chi connectivity index (χ1v) is 13.4. The largest absolute Gasteiger partial charge is 0.481 e. The summed E-state index contributed by atoms with van der Waals surface area (Å²) in [5.74, 6) is -3.62. The van der Waals surface area contributed by atoms with Gasteiger partial charge in [0.05, 0.1) is 36.9 Å². The SMILES string of the molecule is O=C(O)CC1(O)CC(=O)OC(CCNC(=S)NCCCNC(=S)NCCC2CC(O)(CC(=O)O)CC(=O)O2)C1. The molecular formula is C23H36N4O10S2. The van der Waals surface area contributed by atoms with Crippen molar-refractivity contribution in [3.05, 3.63) is 0 Å². The molecule has 2 saturated heterocycles. The second-order valence-electron chi connectivity index (χ2n) is 9.87. The minimum atomic E-state index is -1.61. The van der Waals surface area contributed by atoms with Crippen LogP contribution in [0.3, 0.4) is 0 Å². The summed E-state index contributed by atoms with van der Waals surface area (Å²) in [7, 11) is 0. The van der Waals surface area contributed by atoms with E-state index < -0.39 is 60.1 Å². The van der Waals surface area contributed by atoms with Crippen LogP contribution in [0.2, 0.25) is 0 Å². The van der Waals surface area contributed by atoms with Gasteiger partial charge in [-0.25, -0.2) is 0 Å². The Morgan fingerprint density at radius 3 is 1.46 bits per heavy atom. The Balaban J connectivity index is 1.53. The van der Waals surface area contributed by atoms with Gasteiger partial charge >= 0.3 is 23.9 Å². The van der Waals surface area contributed by atoms with E-state index in [1.165, 1.54) is 0 Å². The molecule has 16 heteroatoms. The molecule has 220 valence electrons. The maximum Gasteiger partial charge on any atom is 0.309 e. The third kappa shape index (κ3) is 12.7. The molecule has 2 rings (SSSR count). The van der Waals surface area contributed by atoms with Crippen LogP contribution in [0.25, 0.3) is 0 Å². The monoisotopic (exact) mass is 592 g/mol. The van der Waals surface area contributed by atoms with Crippen LogP contribution in [0.15, 0.2) is 0 Å². The molecule has 2 aliphatic heterocycles. The van der Waals surface area contributed by atoms with E-state index in [0.29, 0.717) is 55.7 Å². The number of carboxylic acid groups (broad SMARTS) is 2. The zero-order valence-corrected chi connectivity index (χ0v) is 23.0. The lowest BCUT2D eigenvalue weighted by Crippen LogP contribution is -2.46. The van der Waals surface area contributed by atoms with Crippen molar-refractivity contribution in [1.82, 2.24) is 21.3 Å². The lowest BCUT2D eigenvalue weighted by molar-refractivity contribution is -0.175.